The van der Waals surface area contributed by atoms with E-state index >= 15 is 0 Å². The third-order valence-electron chi connectivity index (χ3n) is 5.89. The van der Waals surface area contributed by atoms with Crippen LogP contribution in [0.15, 0.2) is 71.7 Å². The molecule has 2 heterocycles. The predicted octanol–water partition coefficient (Wildman–Crippen LogP) is 3.12. The Hall–Kier alpha value is -3.22. The van der Waals surface area contributed by atoms with Crippen molar-refractivity contribution in [2.75, 3.05) is 46.4 Å². The van der Waals surface area contributed by atoms with Crippen LogP contribution in [-0.2, 0) is 11.3 Å². The van der Waals surface area contributed by atoms with E-state index in [0.717, 1.165) is 19.6 Å². The quantitative estimate of drug-likeness (QED) is 0.577. The number of rotatable bonds is 7. The average Bonchev–Trinajstić information content (AvgIpc) is 2.84. The zero-order chi connectivity index (χ0) is 22.3. The second-order valence-corrected chi connectivity index (χ2v) is 7.99. The summed E-state index contributed by atoms with van der Waals surface area (Å²) in [6.07, 6.45) is 6.00. The molecule has 0 N–H and O–H groups in total. The number of ether oxygens (including phenoxy) is 1. The fraction of sp³-hybridized carbons (Fsp3) is 0.308. The van der Waals surface area contributed by atoms with Crippen molar-refractivity contribution in [1.82, 2.24) is 14.4 Å². The Bertz CT molecular complexity index is 1150. The first-order chi connectivity index (χ1) is 15.7. The summed E-state index contributed by atoms with van der Waals surface area (Å²) in [7, 11) is 1.60. The van der Waals surface area contributed by atoms with Crippen LogP contribution in [0.25, 0.3) is 16.8 Å². The van der Waals surface area contributed by atoms with Crippen LogP contribution in [-0.4, -0.2) is 66.7 Å². The molecule has 32 heavy (non-hydrogen) atoms. The van der Waals surface area contributed by atoms with Crippen LogP contribution in [0.4, 0.5) is 0 Å². The standard InChI is InChI=1S/C26H29N3O3/c1-32-19-18-29-20-24(22-11-5-6-12-23(22)25(29)30)26(31)28-16-14-27(15-17-28)13-7-10-21-8-3-2-4-9-21/h2-12,20H,13-19H2,1H3/b10-7+. The van der Waals surface area contributed by atoms with E-state index < -0.39 is 0 Å². The summed E-state index contributed by atoms with van der Waals surface area (Å²) < 4.78 is 6.72. The summed E-state index contributed by atoms with van der Waals surface area (Å²) in [6.45, 7) is 4.69. The largest absolute Gasteiger partial charge is 0.383 e. The number of hydrogen-bond donors (Lipinski definition) is 0. The van der Waals surface area contributed by atoms with Crippen LogP contribution in [0.1, 0.15) is 15.9 Å². The van der Waals surface area contributed by atoms with Crippen molar-refractivity contribution in [1.29, 1.82) is 0 Å². The Morgan fingerprint density at radius 3 is 2.38 bits per heavy atom. The van der Waals surface area contributed by atoms with Gasteiger partial charge in [0.15, 0.2) is 0 Å². The van der Waals surface area contributed by atoms with E-state index in [9.17, 15) is 9.59 Å². The van der Waals surface area contributed by atoms with Gasteiger partial charge in [0.2, 0.25) is 0 Å². The minimum Gasteiger partial charge on any atom is -0.383 e. The van der Waals surface area contributed by atoms with E-state index in [0.29, 0.717) is 42.6 Å². The maximum Gasteiger partial charge on any atom is 0.258 e. The maximum atomic E-state index is 13.4. The van der Waals surface area contributed by atoms with Crippen molar-refractivity contribution in [2.24, 2.45) is 0 Å². The van der Waals surface area contributed by atoms with Gasteiger partial charge >= 0.3 is 0 Å². The molecule has 0 saturated carbocycles. The van der Waals surface area contributed by atoms with E-state index in [2.05, 4.69) is 29.2 Å². The number of pyridine rings is 1. The molecule has 1 aliphatic heterocycles. The smallest absolute Gasteiger partial charge is 0.258 e. The molecule has 1 fully saturated rings. The molecule has 1 aliphatic rings. The Morgan fingerprint density at radius 1 is 0.969 bits per heavy atom. The number of amides is 1. The lowest BCUT2D eigenvalue weighted by atomic mass is 10.1. The molecule has 1 aromatic heterocycles. The molecule has 0 atom stereocenters. The van der Waals surface area contributed by atoms with E-state index in [1.54, 1.807) is 23.9 Å². The number of benzene rings is 2. The summed E-state index contributed by atoms with van der Waals surface area (Å²) >= 11 is 0. The van der Waals surface area contributed by atoms with Gasteiger partial charge in [-0.1, -0.05) is 60.7 Å². The molecular formula is C26H29N3O3. The molecule has 0 unspecified atom stereocenters. The Balaban J connectivity index is 1.45. The first-order valence-corrected chi connectivity index (χ1v) is 11.0. The fourth-order valence-corrected chi connectivity index (χ4v) is 4.08. The van der Waals surface area contributed by atoms with E-state index in [1.165, 1.54) is 5.56 Å². The number of nitrogens with zero attached hydrogens (tertiary/aromatic N) is 3. The van der Waals surface area contributed by atoms with Gasteiger partial charge in [0, 0.05) is 63.3 Å². The molecule has 1 saturated heterocycles. The highest BCUT2D eigenvalue weighted by Gasteiger charge is 2.24. The third kappa shape index (κ3) is 4.98. The molecule has 2 aromatic carbocycles. The second-order valence-electron chi connectivity index (χ2n) is 7.99. The van der Waals surface area contributed by atoms with Crippen LogP contribution in [0.2, 0.25) is 0 Å². The van der Waals surface area contributed by atoms with Crippen molar-refractivity contribution in [3.05, 3.63) is 88.4 Å². The van der Waals surface area contributed by atoms with E-state index in [-0.39, 0.29) is 11.5 Å². The minimum atomic E-state index is -0.0933. The first-order valence-electron chi connectivity index (χ1n) is 11.0. The average molecular weight is 432 g/mol. The van der Waals surface area contributed by atoms with Gasteiger partial charge in [0.1, 0.15) is 0 Å². The van der Waals surface area contributed by atoms with Crippen molar-refractivity contribution >= 4 is 22.8 Å². The van der Waals surface area contributed by atoms with Gasteiger partial charge in [-0.2, -0.15) is 0 Å². The van der Waals surface area contributed by atoms with Crippen LogP contribution in [0, 0.1) is 0 Å². The van der Waals surface area contributed by atoms with Crippen molar-refractivity contribution in [2.45, 2.75) is 6.54 Å². The summed E-state index contributed by atoms with van der Waals surface area (Å²) in [5.74, 6) is -0.0214. The number of fused-ring (bicyclic) bond motifs is 1. The van der Waals surface area contributed by atoms with E-state index in [4.69, 9.17) is 4.74 Å². The SMILES string of the molecule is COCCn1cc(C(=O)N2CCN(C/C=C/c3ccccc3)CC2)c2ccccc2c1=O. The maximum absolute atomic E-state index is 13.4. The molecule has 0 bridgehead atoms. The number of aromatic nitrogens is 1. The number of carbonyl (C=O) groups is 1. The summed E-state index contributed by atoms with van der Waals surface area (Å²) in [6, 6.07) is 17.6. The summed E-state index contributed by atoms with van der Waals surface area (Å²) in [4.78, 5) is 30.4. The predicted molar refractivity (Wildman–Crippen MR) is 128 cm³/mol. The molecule has 6 nitrogen and oxygen atoms in total. The third-order valence-corrected chi connectivity index (χ3v) is 5.89. The molecule has 3 aromatic rings. The molecule has 0 aliphatic carbocycles. The van der Waals surface area contributed by atoms with Gasteiger partial charge in [-0.15, -0.1) is 0 Å². The lowest BCUT2D eigenvalue weighted by Crippen LogP contribution is -2.48. The molecular weight excluding hydrogens is 402 g/mol. The molecule has 1 amide bonds. The Kier molecular flexibility index (Phi) is 7.14. The highest BCUT2D eigenvalue weighted by Crippen LogP contribution is 2.18. The summed E-state index contributed by atoms with van der Waals surface area (Å²) in [5.41, 5.74) is 1.68. The number of carbonyl (C=O) groups excluding carboxylic acids is 1. The Labute approximate surface area is 188 Å². The van der Waals surface area contributed by atoms with Crippen LogP contribution >= 0.6 is 0 Å². The molecule has 0 radical (unpaired) electrons. The zero-order valence-corrected chi connectivity index (χ0v) is 18.4. The fourth-order valence-electron chi connectivity index (χ4n) is 4.08. The number of hydrogen-bond acceptors (Lipinski definition) is 4. The highest BCUT2D eigenvalue weighted by molar-refractivity contribution is 6.06. The highest BCUT2D eigenvalue weighted by atomic mass is 16.5. The van der Waals surface area contributed by atoms with Gasteiger partial charge in [-0.3, -0.25) is 14.5 Å². The van der Waals surface area contributed by atoms with Crippen LogP contribution in [0.3, 0.4) is 0 Å². The molecule has 166 valence electrons. The van der Waals surface area contributed by atoms with Gasteiger partial charge in [0.25, 0.3) is 11.5 Å². The van der Waals surface area contributed by atoms with Crippen molar-refractivity contribution < 1.29 is 9.53 Å². The zero-order valence-electron chi connectivity index (χ0n) is 18.4. The lowest BCUT2D eigenvalue weighted by Gasteiger charge is -2.34. The van der Waals surface area contributed by atoms with Crippen molar-refractivity contribution in [3.63, 3.8) is 0 Å². The molecule has 0 spiro atoms. The van der Waals surface area contributed by atoms with E-state index in [1.807, 2.05) is 41.3 Å². The van der Waals surface area contributed by atoms with Gasteiger partial charge < -0.3 is 14.2 Å². The topological polar surface area (TPSA) is 54.8 Å². The minimum absolute atomic E-state index is 0.0214. The van der Waals surface area contributed by atoms with Gasteiger partial charge in [-0.05, 0) is 11.6 Å². The van der Waals surface area contributed by atoms with Crippen LogP contribution in [0.5, 0.6) is 0 Å². The number of piperazine rings is 1. The van der Waals surface area contributed by atoms with Crippen LogP contribution < -0.4 is 5.56 Å². The molecule has 6 heteroatoms. The monoisotopic (exact) mass is 431 g/mol. The second kappa shape index (κ2) is 10.4. The molecule has 4 rings (SSSR count). The normalized spacial score (nSPS) is 15.0. The summed E-state index contributed by atoms with van der Waals surface area (Å²) in [5, 5.41) is 1.28. The lowest BCUT2D eigenvalue weighted by molar-refractivity contribution is 0.0651. The van der Waals surface area contributed by atoms with Crippen molar-refractivity contribution in [3.8, 4) is 0 Å². The number of methoxy groups -OCH3 is 1. The van der Waals surface area contributed by atoms with Gasteiger partial charge in [0.05, 0.1) is 12.2 Å². The first kappa shape index (κ1) is 22.0. The Morgan fingerprint density at radius 2 is 1.66 bits per heavy atom. The van der Waals surface area contributed by atoms with Gasteiger partial charge in [-0.25, -0.2) is 0 Å².